The zero-order chi connectivity index (χ0) is 26.2. The number of aromatic nitrogens is 1. The molecule has 2 aliphatic rings. The quantitative estimate of drug-likeness (QED) is 0.402. The molecule has 2 aromatic carbocycles. The van der Waals surface area contributed by atoms with Crippen LogP contribution < -0.4 is 4.74 Å². The van der Waals surface area contributed by atoms with Gasteiger partial charge in [-0.05, 0) is 78.5 Å². The molecule has 0 bridgehead atoms. The van der Waals surface area contributed by atoms with Crippen molar-refractivity contribution in [1.29, 1.82) is 0 Å². The third-order valence-corrected chi connectivity index (χ3v) is 8.43. The van der Waals surface area contributed by atoms with Crippen LogP contribution >= 0.6 is 11.6 Å². The molecule has 1 saturated heterocycles. The predicted octanol–water partition coefficient (Wildman–Crippen LogP) is 6.19. The molecule has 0 aliphatic carbocycles. The topological polar surface area (TPSA) is 45.7 Å². The molecule has 0 N–H and O–H groups in total. The third-order valence-electron chi connectivity index (χ3n) is 8.17. The minimum Gasteiger partial charge on any atom is -0.492 e. The highest BCUT2D eigenvalue weighted by atomic mass is 35.5. The molecule has 200 valence electrons. The number of carbonyl (C=O) groups is 1. The third kappa shape index (κ3) is 7.15. The number of hydrogen-bond donors (Lipinski definition) is 0. The number of amides is 1. The van der Waals surface area contributed by atoms with Crippen LogP contribution in [0.15, 0.2) is 73.1 Å². The van der Waals surface area contributed by atoms with Crippen LogP contribution in [0.5, 0.6) is 5.75 Å². The van der Waals surface area contributed by atoms with E-state index in [4.69, 9.17) is 16.3 Å². The summed E-state index contributed by atoms with van der Waals surface area (Å²) in [6.45, 7) is 5.06. The van der Waals surface area contributed by atoms with Crippen LogP contribution in [0.4, 0.5) is 0 Å². The summed E-state index contributed by atoms with van der Waals surface area (Å²) < 4.78 is 6.30. The summed E-state index contributed by atoms with van der Waals surface area (Å²) in [6.07, 6.45) is 10.9. The van der Waals surface area contributed by atoms with Gasteiger partial charge in [0, 0.05) is 50.1 Å². The summed E-state index contributed by atoms with van der Waals surface area (Å²) in [5, 5.41) is 0.702. The van der Waals surface area contributed by atoms with Gasteiger partial charge in [0.15, 0.2) is 0 Å². The Morgan fingerprint density at radius 1 is 0.921 bits per heavy atom. The van der Waals surface area contributed by atoms with Gasteiger partial charge in [0.05, 0.1) is 6.42 Å². The van der Waals surface area contributed by atoms with E-state index in [-0.39, 0.29) is 11.3 Å². The molecule has 0 saturated carbocycles. The Morgan fingerprint density at radius 3 is 2.53 bits per heavy atom. The molecule has 5 nitrogen and oxygen atoms in total. The van der Waals surface area contributed by atoms with Gasteiger partial charge in [0.1, 0.15) is 12.4 Å². The average Bonchev–Trinajstić information content (AvgIpc) is 2.93. The minimum absolute atomic E-state index is 0.206. The number of likely N-dealkylation sites (tertiary alicyclic amines) is 1. The van der Waals surface area contributed by atoms with Crippen LogP contribution in [0.25, 0.3) is 0 Å². The number of carbonyl (C=O) groups excluding carboxylic acids is 1. The molecule has 2 aliphatic heterocycles. The summed E-state index contributed by atoms with van der Waals surface area (Å²) in [7, 11) is 0. The lowest BCUT2D eigenvalue weighted by Crippen LogP contribution is -2.48. The molecule has 3 heterocycles. The molecule has 0 atom stereocenters. The normalized spacial score (nSPS) is 18.6. The number of rotatable bonds is 4. The van der Waals surface area contributed by atoms with E-state index in [1.54, 1.807) is 0 Å². The average molecular weight is 532 g/mol. The van der Waals surface area contributed by atoms with Crippen molar-refractivity contribution < 1.29 is 9.53 Å². The zero-order valence-corrected chi connectivity index (χ0v) is 22.9. The highest BCUT2D eigenvalue weighted by Crippen LogP contribution is 2.39. The predicted molar refractivity (Wildman–Crippen MR) is 152 cm³/mol. The van der Waals surface area contributed by atoms with Crippen molar-refractivity contribution in [1.82, 2.24) is 14.8 Å². The first-order valence-corrected chi connectivity index (χ1v) is 14.3. The maximum atomic E-state index is 13.1. The lowest BCUT2D eigenvalue weighted by molar-refractivity contribution is -0.133. The fourth-order valence-electron chi connectivity index (χ4n) is 6.00. The molecule has 3 aromatic rings. The van der Waals surface area contributed by atoms with E-state index in [9.17, 15) is 4.79 Å². The van der Waals surface area contributed by atoms with Crippen molar-refractivity contribution in [3.8, 4) is 5.75 Å². The molecule has 1 amide bonds. The fraction of sp³-hybridized carbons (Fsp3) is 0.438. The molecule has 0 unspecified atom stereocenters. The van der Waals surface area contributed by atoms with Gasteiger partial charge in [-0.2, -0.15) is 0 Å². The Morgan fingerprint density at radius 2 is 1.74 bits per heavy atom. The summed E-state index contributed by atoms with van der Waals surface area (Å²) in [6, 6.07) is 20.3. The summed E-state index contributed by atoms with van der Waals surface area (Å²) in [5.41, 5.74) is 3.76. The molecular weight excluding hydrogens is 494 g/mol. The Hall–Kier alpha value is -2.89. The molecule has 5 rings (SSSR count). The van der Waals surface area contributed by atoms with E-state index < -0.39 is 0 Å². The maximum absolute atomic E-state index is 13.1. The van der Waals surface area contributed by atoms with Crippen LogP contribution in [0.3, 0.4) is 0 Å². The van der Waals surface area contributed by atoms with E-state index in [1.165, 1.54) is 24.0 Å². The first-order chi connectivity index (χ1) is 18.6. The van der Waals surface area contributed by atoms with Crippen molar-refractivity contribution in [2.24, 2.45) is 5.41 Å². The van der Waals surface area contributed by atoms with E-state index in [2.05, 4.69) is 45.1 Å². The Bertz CT molecular complexity index is 1180. The van der Waals surface area contributed by atoms with Crippen LogP contribution in [0, 0.1) is 5.41 Å². The van der Waals surface area contributed by atoms with E-state index >= 15 is 0 Å². The van der Waals surface area contributed by atoms with E-state index in [1.807, 2.05) is 42.7 Å². The van der Waals surface area contributed by atoms with Gasteiger partial charge in [-0.25, -0.2) is 0 Å². The first-order valence-electron chi connectivity index (χ1n) is 13.9. The van der Waals surface area contributed by atoms with Crippen LogP contribution in [-0.4, -0.2) is 53.5 Å². The molecule has 6 heteroatoms. The SMILES string of the molecule is O=C(Cc1ccc(Cl)cc1)N1CCC2(CCCCc3ccccc3OCCN(Cc3cccnc3)C2)CC1. The zero-order valence-electron chi connectivity index (χ0n) is 22.2. The summed E-state index contributed by atoms with van der Waals surface area (Å²) >= 11 is 6.02. The highest BCUT2D eigenvalue weighted by molar-refractivity contribution is 6.30. The summed E-state index contributed by atoms with van der Waals surface area (Å²) in [5.74, 6) is 1.24. The van der Waals surface area contributed by atoms with E-state index in [0.717, 1.165) is 69.7 Å². The molecule has 38 heavy (non-hydrogen) atoms. The standard InChI is InChI=1S/C32H38ClN3O2/c33-29-12-10-26(11-13-29)22-31(37)36-18-15-32(16-19-36)14-4-3-8-28-7-1-2-9-30(28)38-21-20-35(25-32)24-27-6-5-17-34-23-27/h1-2,5-7,9-13,17,23H,3-4,8,14-16,18-22,24-25H2. The van der Waals surface area contributed by atoms with Crippen LogP contribution in [0.2, 0.25) is 5.02 Å². The lowest BCUT2D eigenvalue weighted by atomic mass is 9.73. The number of aryl methyl sites for hydroxylation is 1. The Labute approximate surface area is 231 Å². The van der Waals surface area contributed by atoms with E-state index in [0.29, 0.717) is 18.1 Å². The van der Waals surface area contributed by atoms with Gasteiger partial charge in [0.25, 0.3) is 0 Å². The molecule has 1 fully saturated rings. The van der Waals surface area contributed by atoms with Gasteiger partial charge in [-0.3, -0.25) is 14.7 Å². The minimum atomic E-state index is 0.206. The second kappa shape index (κ2) is 12.8. The second-order valence-electron chi connectivity index (χ2n) is 10.9. The number of para-hydroxylation sites is 1. The first kappa shape index (κ1) is 26.7. The number of pyridine rings is 1. The van der Waals surface area contributed by atoms with Crippen molar-refractivity contribution >= 4 is 17.5 Å². The van der Waals surface area contributed by atoms with Gasteiger partial charge in [-0.15, -0.1) is 0 Å². The molecule has 1 aromatic heterocycles. The second-order valence-corrected chi connectivity index (χ2v) is 11.4. The lowest BCUT2D eigenvalue weighted by Gasteiger charge is -2.45. The van der Waals surface area contributed by atoms with Crippen LogP contribution in [-0.2, 0) is 24.2 Å². The van der Waals surface area contributed by atoms with Gasteiger partial charge < -0.3 is 9.64 Å². The number of benzene rings is 2. The smallest absolute Gasteiger partial charge is 0.226 e. The molecular formula is C32H38ClN3O2. The van der Waals surface area contributed by atoms with Crippen molar-refractivity contribution in [3.63, 3.8) is 0 Å². The highest BCUT2D eigenvalue weighted by Gasteiger charge is 2.37. The Kier molecular flexibility index (Phi) is 8.98. The van der Waals surface area contributed by atoms with Crippen molar-refractivity contribution in [2.45, 2.75) is 51.5 Å². The van der Waals surface area contributed by atoms with Crippen molar-refractivity contribution in [2.75, 3.05) is 32.8 Å². The molecule has 0 radical (unpaired) electrons. The van der Waals surface area contributed by atoms with Gasteiger partial charge in [-0.1, -0.05) is 54.4 Å². The number of fused-ring (bicyclic) bond motifs is 1. The molecule has 1 spiro atoms. The Balaban J connectivity index is 1.28. The van der Waals surface area contributed by atoms with Gasteiger partial charge in [0.2, 0.25) is 5.91 Å². The number of nitrogens with zero attached hydrogens (tertiary/aromatic N) is 3. The number of piperidine rings is 1. The number of halogens is 1. The number of hydrogen-bond acceptors (Lipinski definition) is 4. The monoisotopic (exact) mass is 531 g/mol. The number of ether oxygens (including phenoxy) is 1. The summed E-state index contributed by atoms with van der Waals surface area (Å²) in [4.78, 5) is 22.1. The largest absolute Gasteiger partial charge is 0.492 e. The van der Waals surface area contributed by atoms with Crippen molar-refractivity contribution in [3.05, 3.63) is 94.8 Å². The van der Waals surface area contributed by atoms with Gasteiger partial charge >= 0.3 is 0 Å². The fourth-order valence-corrected chi connectivity index (χ4v) is 6.12. The van der Waals surface area contributed by atoms with Crippen LogP contribution in [0.1, 0.15) is 48.8 Å². The maximum Gasteiger partial charge on any atom is 0.226 e.